The molecule has 2 aliphatic carbocycles. The first-order valence-electron chi connectivity index (χ1n) is 8.28. The summed E-state index contributed by atoms with van der Waals surface area (Å²) in [5.74, 6) is 2.19. The Kier molecular flexibility index (Phi) is 4.67. The fraction of sp³-hybridized carbons (Fsp3) is 0.667. The van der Waals surface area contributed by atoms with Crippen molar-refractivity contribution in [3.05, 3.63) is 23.5 Å². The Morgan fingerprint density at radius 2 is 1.71 bits per heavy atom. The van der Waals surface area contributed by atoms with E-state index in [1.807, 2.05) is 6.07 Å². The van der Waals surface area contributed by atoms with E-state index in [1.165, 1.54) is 38.5 Å². The number of hydrogen-bond donors (Lipinski definition) is 0. The first-order valence-corrected chi connectivity index (χ1v) is 8.28. The van der Waals surface area contributed by atoms with Crippen molar-refractivity contribution in [2.75, 3.05) is 13.2 Å². The van der Waals surface area contributed by atoms with Crippen LogP contribution in [0.15, 0.2) is 12.1 Å². The quantitative estimate of drug-likeness (QED) is 0.713. The van der Waals surface area contributed by atoms with Crippen LogP contribution in [-0.4, -0.2) is 13.2 Å². The highest BCUT2D eigenvalue weighted by Gasteiger charge is 2.21. The molecule has 1 aromatic carbocycles. The lowest BCUT2D eigenvalue weighted by molar-refractivity contribution is 0.240. The summed E-state index contributed by atoms with van der Waals surface area (Å²) in [6.07, 6.45) is 8.72. The summed E-state index contributed by atoms with van der Waals surface area (Å²) in [5.41, 5.74) is 0.565. The van der Waals surface area contributed by atoms with Crippen LogP contribution < -0.4 is 9.47 Å². The minimum Gasteiger partial charge on any atom is -0.493 e. The van der Waals surface area contributed by atoms with Crippen LogP contribution in [0.4, 0.5) is 4.39 Å². The molecule has 2 aliphatic rings. The molecule has 0 aromatic heterocycles. The summed E-state index contributed by atoms with van der Waals surface area (Å²) >= 11 is 0. The third kappa shape index (κ3) is 3.90. The maximum atomic E-state index is 14.3. The van der Waals surface area contributed by atoms with Gasteiger partial charge in [-0.2, -0.15) is 0 Å². The van der Waals surface area contributed by atoms with Crippen LogP contribution in [0.1, 0.15) is 50.5 Å². The fourth-order valence-electron chi connectivity index (χ4n) is 3.04. The molecular weight excluding hydrogens is 267 g/mol. The van der Waals surface area contributed by atoms with Gasteiger partial charge < -0.3 is 9.47 Å². The topological polar surface area (TPSA) is 18.5 Å². The average Bonchev–Trinajstić information content (AvgIpc) is 3.16. The molecule has 0 atom stereocenters. The van der Waals surface area contributed by atoms with Crippen molar-refractivity contribution in [2.24, 2.45) is 11.8 Å². The van der Waals surface area contributed by atoms with Crippen molar-refractivity contribution in [1.29, 1.82) is 0 Å². The van der Waals surface area contributed by atoms with E-state index in [-0.39, 0.29) is 5.82 Å². The molecule has 0 spiro atoms. The zero-order valence-corrected chi connectivity index (χ0v) is 12.9. The summed E-state index contributed by atoms with van der Waals surface area (Å²) in [7, 11) is 0. The van der Waals surface area contributed by atoms with E-state index in [9.17, 15) is 4.39 Å². The van der Waals surface area contributed by atoms with Crippen molar-refractivity contribution in [1.82, 2.24) is 0 Å². The van der Waals surface area contributed by atoms with Gasteiger partial charge in [0.25, 0.3) is 0 Å². The van der Waals surface area contributed by atoms with Crippen LogP contribution in [0, 0.1) is 24.6 Å². The maximum Gasteiger partial charge on any atom is 0.171 e. The summed E-state index contributed by atoms with van der Waals surface area (Å²) in [5, 5.41) is 0. The molecule has 3 rings (SSSR count). The second-order valence-electron chi connectivity index (χ2n) is 6.54. The van der Waals surface area contributed by atoms with Crippen LogP contribution in [0.2, 0.25) is 0 Å². The monoisotopic (exact) mass is 292 g/mol. The largest absolute Gasteiger partial charge is 0.493 e. The molecule has 2 fully saturated rings. The lowest BCUT2D eigenvalue weighted by atomic mass is 10.1. The number of ether oxygens (including phenoxy) is 2. The number of halogens is 1. The summed E-state index contributed by atoms with van der Waals surface area (Å²) in [4.78, 5) is 0. The Balaban J connectivity index is 1.55. The SMILES string of the molecule is Cc1c(OCCC2CC2)ccc(OCC2CCCC2)c1F. The van der Waals surface area contributed by atoms with Gasteiger partial charge in [-0.15, -0.1) is 0 Å². The highest BCUT2D eigenvalue weighted by molar-refractivity contribution is 5.41. The molecule has 21 heavy (non-hydrogen) atoms. The second-order valence-corrected chi connectivity index (χ2v) is 6.54. The highest BCUT2D eigenvalue weighted by Crippen LogP contribution is 2.34. The van der Waals surface area contributed by atoms with Gasteiger partial charge in [0.15, 0.2) is 11.6 Å². The number of benzene rings is 1. The van der Waals surface area contributed by atoms with Crippen molar-refractivity contribution >= 4 is 0 Å². The zero-order valence-electron chi connectivity index (χ0n) is 12.9. The van der Waals surface area contributed by atoms with Gasteiger partial charge in [0, 0.05) is 5.56 Å². The Bertz CT molecular complexity index is 476. The molecule has 0 amide bonds. The molecule has 0 radical (unpaired) electrons. The predicted molar refractivity (Wildman–Crippen MR) is 81.4 cm³/mol. The van der Waals surface area contributed by atoms with Crippen LogP contribution in [0.25, 0.3) is 0 Å². The Morgan fingerprint density at radius 1 is 1.00 bits per heavy atom. The zero-order chi connectivity index (χ0) is 14.7. The van der Waals surface area contributed by atoms with Crippen LogP contribution in [-0.2, 0) is 0 Å². The smallest absolute Gasteiger partial charge is 0.171 e. The molecule has 2 nitrogen and oxygen atoms in total. The number of hydrogen-bond acceptors (Lipinski definition) is 2. The number of rotatable bonds is 7. The van der Waals surface area contributed by atoms with Crippen molar-refractivity contribution in [3.8, 4) is 11.5 Å². The minimum absolute atomic E-state index is 0.267. The van der Waals surface area contributed by atoms with E-state index < -0.39 is 0 Å². The van der Waals surface area contributed by atoms with E-state index in [0.29, 0.717) is 36.2 Å². The van der Waals surface area contributed by atoms with E-state index in [4.69, 9.17) is 9.47 Å². The summed E-state index contributed by atoms with van der Waals surface area (Å²) < 4.78 is 25.7. The molecule has 0 heterocycles. The Morgan fingerprint density at radius 3 is 2.43 bits per heavy atom. The highest BCUT2D eigenvalue weighted by atomic mass is 19.1. The molecule has 2 saturated carbocycles. The van der Waals surface area contributed by atoms with E-state index in [0.717, 1.165) is 12.3 Å². The van der Waals surface area contributed by atoms with Gasteiger partial charge in [-0.25, -0.2) is 4.39 Å². The van der Waals surface area contributed by atoms with Crippen LogP contribution in [0.5, 0.6) is 11.5 Å². The predicted octanol–water partition coefficient (Wildman–Crippen LogP) is 4.88. The second kappa shape index (κ2) is 6.67. The van der Waals surface area contributed by atoms with E-state index in [1.54, 1.807) is 13.0 Å². The van der Waals surface area contributed by atoms with Gasteiger partial charge in [-0.3, -0.25) is 0 Å². The van der Waals surface area contributed by atoms with Gasteiger partial charge in [-0.05, 0) is 50.2 Å². The van der Waals surface area contributed by atoms with Crippen molar-refractivity contribution < 1.29 is 13.9 Å². The third-order valence-electron chi connectivity index (χ3n) is 4.73. The van der Waals surface area contributed by atoms with Crippen LogP contribution >= 0.6 is 0 Å². The molecule has 3 heteroatoms. The Labute approximate surface area is 126 Å². The summed E-state index contributed by atoms with van der Waals surface area (Å²) in [6.45, 7) is 3.09. The minimum atomic E-state index is -0.267. The van der Waals surface area contributed by atoms with E-state index >= 15 is 0 Å². The molecule has 0 bridgehead atoms. The molecule has 0 unspecified atom stereocenters. The van der Waals surface area contributed by atoms with Crippen molar-refractivity contribution in [2.45, 2.75) is 51.9 Å². The average molecular weight is 292 g/mol. The summed E-state index contributed by atoms with van der Waals surface area (Å²) in [6, 6.07) is 3.55. The molecule has 0 N–H and O–H groups in total. The first kappa shape index (κ1) is 14.7. The Hall–Kier alpha value is -1.25. The molecule has 116 valence electrons. The van der Waals surface area contributed by atoms with E-state index in [2.05, 4.69) is 0 Å². The maximum absolute atomic E-state index is 14.3. The third-order valence-corrected chi connectivity index (χ3v) is 4.73. The fourth-order valence-corrected chi connectivity index (χ4v) is 3.04. The molecule has 0 saturated heterocycles. The van der Waals surface area contributed by atoms with Gasteiger partial charge in [0.2, 0.25) is 0 Å². The van der Waals surface area contributed by atoms with Gasteiger partial charge >= 0.3 is 0 Å². The lowest BCUT2D eigenvalue weighted by Crippen LogP contribution is -2.09. The molecule has 1 aromatic rings. The van der Waals surface area contributed by atoms with Gasteiger partial charge in [0.05, 0.1) is 13.2 Å². The first-order chi connectivity index (χ1) is 10.2. The van der Waals surface area contributed by atoms with Crippen LogP contribution in [0.3, 0.4) is 0 Å². The van der Waals surface area contributed by atoms with Gasteiger partial charge in [-0.1, -0.05) is 25.7 Å². The molecular formula is C18H25FO2. The lowest BCUT2D eigenvalue weighted by Gasteiger charge is -2.15. The standard InChI is InChI=1S/C18H25FO2/c1-13-16(20-11-10-14-6-7-14)8-9-17(18(13)19)21-12-15-4-2-3-5-15/h8-9,14-15H,2-7,10-12H2,1H3. The van der Waals surface area contributed by atoms with Crippen molar-refractivity contribution in [3.63, 3.8) is 0 Å². The normalized spacial score (nSPS) is 19.0. The molecule has 0 aliphatic heterocycles. The van der Waals surface area contributed by atoms with Gasteiger partial charge in [0.1, 0.15) is 5.75 Å².